The van der Waals surface area contributed by atoms with Gasteiger partial charge in [-0.25, -0.2) is 4.57 Å². The standard InChI is InChI=1S/C82H161N2O6P/c1-6-8-10-12-14-16-18-20-22-24-26-28-30-32-34-36-37-38-39-40-41-42-43-44-45-46-48-50-52-54-56-58-60-62-64-66-68-70-72-74-76-82(86)83-80(79-90-91(87,88)89-78-77-84(3,4)5)81(85)75-73-71-69-67-65-63-61-59-57-55-53-51-49-47-35-33-31-29-27-25-23-21-19-17-15-13-11-9-7-2/h57,59,65,67,73,75,80-81,85H,6-56,58,60-64,66,68-72,74,76-79H2,1-5H3,(H-,83,86,87,88)/p+1/b59-57+,67-65+,75-73+. The van der Waals surface area contributed by atoms with Gasteiger partial charge in [-0.1, -0.05) is 416 Å². The molecule has 0 aromatic rings. The van der Waals surface area contributed by atoms with Crippen molar-refractivity contribution in [2.45, 2.75) is 443 Å². The van der Waals surface area contributed by atoms with E-state index in [0.717, 1.165) is 44.9 Å². The van der Waals surface area contributed by atoms with Crippen LogP contribution in [0.15, 0.2) is 36.5 Å². The first kappa shape index (κ1) is 89.7. The van der Waals surface area contributed by atoms with Gasteiger partial charge in [-0.05, 0) is 44.9 Å². The van der Waals surface area contributed by atoms with E-state index in [1.807, 2.05) is 27.2 Å². The Morgan fingerprint density at radius 3 is 0.879 bits per heavy atom. The molecule has 0 heterocycles. The molecule has 0 aromatic heterocycles. The van der Waals surface area contributed by atoms with Gasteiger partial charge in [0.2, 0.25) is 5.91 Å². The van der Waals surface area contributed by atoms with Gasteiger partial charge in [0.15, 0.2) is 0 Å². The van der Waals surface area contributed by atoms with Crippen molar-refractivity contribution < 1.29 is 32.9 Å². The minimum Gasteiger partial charge on any atom is -0.387 e. The normalized spacial score (nSPS) is 13.6. The van der Waals surface area contributed by atoms with Crippen LogP contribution in [0.1, 0.15) is 431 Å². The maximum atomic E-state index is 13.1. The largest absolute Gasteiger partial charge is 0.472 e. The van der Waals surface area contributed by atoms with Crippen molar-refractivity contribution in [3.05, 3.63) is 36.5 Å². The van der Waals surface area contributed by atoms with Crippen LogP contribution in [0.5, 0.6) is 0 Å². The molecular formula is C82H162N2O6P+. The number of quaternary nitrogens is 1. The van der Waals surface area contributed by atoms with Crippen LogP contribution < -0.4 is 5.32 Å². The Kier molecular flexibility index (Phi) is 72.0. The van der Waals surface area contributed by atoms with Gasteiger partial charge in [0.25, 0.3) is 0 Å². The highest BCUT2D eigenvalue weighted by Gasteiger charge is 2.28. The number of phosphoric ester groups is 1. The number of likely N-dealkylation sites (N-methyl/N-ethyl adjacent to an activating group) is 1. The number of rotatable bonds is 77. The molecule has 0 saturated carbocycles. The number of nitrogens with one attached hydrogen (secondary N) is 1. The second-order valence-electron chi connectivity index (χ2n) is 29.5. The Morgan fingerprint density at radius 1 is 0.363 bits per heavy atom. The van der Waals surface area contributed by atoms with Crippen molar-refractivity contribution in [2.75, 3.05) is 40.9 Å². The summed E-state index contributed by atoms with van der Waals surface area (Å²) >= 11 is 0. The summed E-state index contributed by atoms with van der Waals surface area (Å²) in [5, 5.41) is 14.0. The zero-order chi connectivity index (χ0) is 66.2. The fraction of sp³-hybridized carbons (Fsp3) is 0.915. The fourth-order valence-electron chi connectivity index (χ4n) is 12.8. The van der Waals surface area contributed by atoms with Crippen molar-refractivity contribution in [3.63, 3.8) is 0 Å². The highest BCUT2D eigenvalue weighted by atomic mass is 31.2. The van der Waals surface area contributed by atoms with Gasteiger partial charge in [0, 0.05) is 6.42 Å². The average Bonchev–Trinajstić information content (AvgIpc) is 3.73. The van der Waals surface area contributed by atoms with Crippen LogP contribution in [0.4, 0.5) is 0 Å². The molecule has 3 atom stereocenters. The molecule has 0 spiro atoms. The zero-order valence-electron chi connectivity index (χ0n) is 62.1. The predicted molar refractivity (Wildman–Crippen MR) is 401 cm³/mol. The van der Waals surface area contributed by atoms with E-state index in [9.17, 15) is 19.4 Å². The summed E-state index contributed by atoms with van der Waals surface area (Å²) < 4.78 is 23.9. The van der Waals surface area contributed by atoms with Crippen LogP contribution in [-0.2, 0) is 18.4 Å². The Hall–Kier alpha value is -1.28. The summed E-state index contributed by atoms with van der Waals surface area (Å²) in [5.41, 5.74) is 0. The lowest BCUT2D eigenvalue weighted by atomic mass is 10.0. The lowest BCUT2D eigenvalue weighted by molar-refractivity contribution is -0.870. The van der Waals surface area contributed by atoms with Gasteiger partial charge < -0.3 is 19.8 Å². The molecule has 1 amide bonds. The number of carbonyl (C=O) groups excluding carboxylic acids is 1. The molecule has 0 aliphatic carbocycles. The smallest absolute Gasteiger partial charge is 0.387 e. The number of aliphatic hydroxyl groups excluding tert-OH is 1. The Labute approximate surface area is 569 Å². The SMILES string of the molecule is CCCCCCCCCCCCCCCCCCCCC/C=C/CC/C=C/CC/C=C/C(O)C(COP(=O)(O)OCC[N+](C)(C)C)NC(=O)CCCCCCCCCCCCCCCCCCCCCCCCCCCCCCCCCCCCCCCCCC. The molecule has 0 aliphatic heterocycles. The molecule has 0 radical (unpaired) electrons. The predicted octanol–water partition coefficient (Wildman–Crippen LogP) is 26.7. The monoisotopic (exact) mass is 1300 g/mol. The molecule has 0 fully saturated rings. The average molecular weight is 1300 g/mol. The van der Waals surface area contributed by atoms with Crippen LogP contribution in [-0.4, -0.2) is 73.4 Å². The molecule has 0 rings (SSSR count). The number of allylic oxidation sites excluding steroid dienone is 5. The molecule has 0 aromatic carbocycles. The number of amides is 1. The minimum atomic E-state index is -4.37. The molecule has 3 unspecified atom stereocenters. The van der Waals surface area contributed by atoms with Crippen molar-refractivity contribution in [3.8, 4) is 0 Å². The van der Waals surface area contributed by atoms with Crippen molar-refractivity contribution >= 4 is 13.7 Å². The van der Waals surface area contributed by atoms with Gasteiger partial charge in [-0.15, -0.1) is 0 Å². The third kappa shape index (κ3) is 76.0. The second-order valence-corrected chi connectivity index (χ2v) is 30.9. The molecule has 0 bridgehead atoms. The van der Waals surface area contributed by atoms with Crippen LogP contribution >= 0.6 is 7.82 Å². The van der Waals surface area contributed by atoms with Gasteiger partial charge in [-0.3, -0.25) is 13.8 Å². The highest BCUT2D eigenvalue weighted by molar-refractivity contribution is 7.47. The van der Waals surface area contributed by atoms with Gasteiger partial charge in [0.05, 0.1) is 39.9 Å². The quantitative estimate of drug-likeness (QED) is 0.0243. The number of aliphatic hydroxyl groups is 1. The number of hydrogen-bond donors (Lipinski definition) is 3. The molecule has 0 aliphatic rings. The molecule has 91 heavy (non-hydrogen) atoms. The van der Waals surface area contributed by atoms with Gasteiger partial charge in [-0.2, -0.15) is 0 Å². The van der Waals surface area contributed by atoms with Gasteiger partial charge >= 0.3 is 7.82 Å². The van der Waals surface area contributed by atoms with Crippen LogP contribution in [0.2, 0.25) is 0 Å². The third-order valence-electron chi connectivity index (χ3n) is 19.1. The number of nitrogens with zero attached hydrogens (tertiary/aromatic N) is 1. The van der Waals surface area contributed by atoms with Crippen molar-refractivity contribution in [2.24, 2.45) is 0 Å². The highest BCUT2D eigenvalue weighted by Crippen LogP contribution is 2.43. The first-order valence-corrected chi connectivity index (χ1v) is 42.4. The lowest BCUT2D eigenvalue weighted by Crippen LogP contribution is -2.45. The Bertz CT molecular complexity index is 1580. The molecule has 540 valence electrons. The van der Waals surface area contributed by atoms with Crippen molar-refractivity contribution in [1.29, 1.82) is 0 Å². The zero-order valence-corrected chi connectivity index (χ0v) is 63.0. The number of unbranched alkanes of at least 4 members (excludes halogenated alkanes) is 60. The van der Waals surface area contributed by atoms with E-state index in [1.165, 1.54) is 366 Å². The summed E-state index contributed by atoms with van der Waals surface area (Å²) in [7, 11) is 1.57. The number of carbonyl (C=O) groups is 1. The Balaban J connectivity index is 3.94. The summed E-state index contributed by atoms with van der Waals surface area (Å²) in [6.45, 7) is 4.86. The van der Waals surface area contributed by atoms with Gasteiger partial charge in [0.1, 0.15) is 13.2 Å². The Morgan fingerprint density at radius 2 is 0.604 bits per heavy atom. The second kappa shape index (κ2) is 73.0. The summed E-state index contributed by atoms with van der Waals surface area (Å²) in [6, 6.07) is -0.870. The minimum absolute atomic E-state index is 0.0556. The molecule has 0 saturated heterocycles. The summed E-state index contributed by atoms with van der Waals surface area (Å²) in [4.78, 5) is 23.5. The molecule has 8 nitrogen and oxygen atoms in total. The molecule has 3 N–H and O–H groups in total. The molecular weight excluding hydrogens is 1140 g/mol. The van der Waals surface area contributed by atoms with E-state index in [-0.39, 0.29) is 19.1 Å². The van der Waals surface area contributed by atoms with Crippen LogP contribution in [0, 0.1) is 0 Å². The maximum absolute atomic E-state index is 13.1. The summed E-state index contributed by atoms with van der Waals surface area (Å²) in [6.07, 6.45) is 99.4. The first-order valence-electron chi connectivity index (χ1n) is 40.9. The van der Waals surface area contributed by atoms with Crippen LogP contribution in [0.3, 0.4) is 0 Å². The third-order valence-corrected chi connectivity index (χ3v) is 20.1. The number of hydrogen-bond acceptors (Lipinski definition) is 5. The first-order chi connectivity index (χ1) is 44.5. The van der Waals surface area contributed by atoms with E-state index in [0.29, 0.717) is 17.4 Å². The lowest BCUT2D eigenvalue weighted by Gasteiger charge is -2.25. The van der Waals surface area contributed by atoms with E-state index in [1.54, 1.807) is 6.08 Å². The summed E-state index contributed by atoms with van der Waals surface area (Å²) in [5.74, 6) is -0.181. The number of phosphoric acid groups is 1. The van der Waals surface area contributed by atoms with Crippen LogP contribution in [0.25, 0.3) is 0 Å². The van der Waals surface area contributed by atoms with E-state index in [2.05, 4.69) is 43.5 Å². The fourth-order valence-corrected chi connectivity index (χ4v) is 13.5. The molecule has 9 heteroatoms. The maximum Gasteiger partial charge on any atom is 0.472 e. The topological polar surface area (TPSA) is 105 Å². The van der Waals surface area contributed by atoms with Crippen molar-refractivity contribution in [1.82, 2.24) is 5.32 Å². The van der Waals surface area contributed by atoms with E-state index >= 15 is 0 Å². The van der Waals surface area contributed by atoms with E-state index < -0.39 is 20.0 Å². The van der Waals surface area contributed by atoms with E-state index in [4.69, 9.17) is 9.05 Å².